The third-order valence-electron chi connectivity index (χ3n) is 3.33. The standard InChI is InChI=1S/C12H15ClFNO2S/c13-10-5-8(1-2-11(10)14)6-12(15)9-3-4-18(16,17)7-9/h1-2,5,9,12H,3-4,6-7,15H2. The number of nitrogens with two attached hydrogens (primary N) is 1. The molecule has 1 heterocycles. The van der Waals surface area contributed by atoms with Crippen molar-refractivity contribution in [2.75, 3.05) is 11.5 Å². The van der Waals surface area contributed by atoms with Crippen molar-refractivity contribution >= 4 is 21.4 Å². The van der Waals surface area contributed by atoms with Gasteiger partial charge in [0, 0.05) is 6.04 Å². The van der Waals surface area contributed by atoms with E-state index in [1.165, 1.54) is 6.07 Å². The number of hydrogen-bond acceptors (Lipinski definition) is 3. The number of benzene rings is 1. The Morgan fingerprint density at radius 1 is 1.50 bits per heavy atom. The first-order valence-corrected chi connectivity index (χ1v) is 7.97. The molecule has 2 atom stereocenters. The van der Waals surface area contributed by atoms with Crippen molar-refractivity contribution in [1.29, 1.82) is 0 Å². The molecule has 3 nitrogen and oxygen atoms in total. The lowest BCUT2D eigenvalue weighted by Crippen LogP contribution is -2.33. The summed E-state index contributed by atoms with van der Waals surface area (Å²) in [5.41, 5.74) is 6.85. The Labute approximate surface area is 111 Å². The van der Waals surface area contributed by atoms with Gasteiger partial charge in [-0.05, 0) is 36.5 Å². The maximum Gasteiger partial charge on any atom is 0.150 e. The molecule has 0 amide bonds. The zero-order valence-corrected chi connectivity index (χ0v) is 11.3. The van der Waals surface area contributed by atoms with Gasteiger partial charge in [0.05, 0.1) is 16.5 Å². The van der Waals surface area contributed by atoms with Crippen LogP contribution in [0.25, 0.3) is 0 Å². The fourth-order valence-electron chi connectivity index (χ4n) is 2.27. The minimum absolute atomic E-state index is 0.0150. The summed E-state index contributed by atoms with van der Waals surface area (Å²) < 4.78 is 35.7. The van der Waals surface area contributed by atoms with Crippen molar-refractivity contribution in [3.8, 4) is 0 Å². The molecule has 2 rings (SSSR count). The van der Waals surface area contributed by atoms with E-state index in [1.807, 2.05) is 0 Å². The topological polar surface area (TPSA) is 60.2 Å². The maximum atomic E-state index is 13.0. The first-order chi connectivity index (χ1) is 8.37. The van der Waals surface area contributed by atoms with Gasteiger partial charge >= 0.3 is 0 Å². The number of hydrogen-bond donors (Lipinski definition) is 1. The molecule has 18 heavy (non-hydrogen) atoms. The van der Waals surface area contributed by atoms with Crippen LogP contribution in [0.2, 0.25) is 5.02 Å². The van der Waals surface area contributed by atoms with Crippen molar-refractivity contribution < 1.29 is 12.8 Å². The predicted molar refractivity (Wildman–Crippen MR) is 69.9 cm³/mol. The number of sulfone groups is 1. The van der Waals surface area contributed by atoms with Gasteiger partial charge in [-0.25, -0.2) is 12.8 Å². The zero-order chi connectivity index (χ0) is 13.3. The molecule has 1 saturated heterocycles. The predicted octanol–water partition coefficient (Wildman–Crippen LogP) is 1.78. The molecule has 0 bridgehead atoms. The van der Waals surface area contributed by atoms with Crippen LogP contribution in [0, 0.1) is 11.7 Å². The first-order valence-electron chi connectivity index (χ1n) is 5.77. The van der Waals surface area contributed by atoms with Gasteiger partial charge in [-0.3, -0.25) is 0 Å². The molecule has 1 aliphatic rings. The molecule has 2 unspecified atom stereocenters. The number of rotatable bonds is 3. The smallest absolute Gasteiger partial charge is 0.150 e. The molecule has 1 aromatic rings. The van der Waals surface area contributed by atoms with Gasteiger partial charge in [-0.1, -0.05) is 17.7 Å². The summed E-state index contributed by atoms with van der Waals surface area (Å²) in [6, 6.07) is 4.24. The molecule has 0 saturated carbocycles. The molecule has 1 fully saturated rings. The summed E-state index contributed by atoms with van der Waals surface area (Å²) in [5, 5.41) is 0.0683. The molecule has 6 heteroatoms. The van der Waals surface area contributed by atoms with E-state index in [0.29, 0.717) is 12.8 Å². The highest BCUT2D eigenvalue weighted by atomic mass is 35.5. The lowest BCUT2D eigenvalue weighted by atomic mass is 9.94. The molecular formula is C12H15ClFNO2S. The van der Waals surface area contributed by atoms with E-state index >= 15 is 0 Å². The second-order valence-corrected chi connectivity index (χ2v) is 7.42. The normalized spacial score (nSPS) is 24.1. The Hall–Kier alpha value is -0.650. The van der Waals surface area contributed by atoms with Crippen molar-refractivity contribution in [3.05, 3.63) is 34.6 Å². The van der Waals surface area contributed by atoms with E-state index in [9.17, 15) is 12.8 Å². The lowest BCUT2D eigenvalue weighted by molar-refractivity contribution is 0.461. The van der Waals surface area contributed by atoms with Crippen LogP contribution in [0.4, 0.5) is 4.39 Å². The van der Waals surface area contributed by atoms with E-state index in [0.717, 1.165) is 5.56 Å². The fraction of sp³-hybridized carbons (Fsp3) is 0.500. The van der Waals surface area contributed by atoms with E-state index in [2.05, 4.69) is 0 Å². The van der Waals surface area contributed by atoms with Crippen LogP contribution >= 0.6 is 11.6 Å². The third kappa shape index (κ3) is 3.22. The van der Waals surface area contributed by atoms with Crippen molar-refractivity contribution in [1.82, 2.24) is 0 Å². The summed E-state index contributed by atoms with van der Waals surface area (Å²) >= 11 is 5.69. The monoisotopic (exact) mass is 291 g/mol. The molecule has 0 radical (unpaired) electrons. The molecule has 100 valence electrons. The molecule has 2 N–H and O–H groups in total. The molecule has 0 aromatic heterocycles. The summed E-state index contributed by atoms with van der Waals surface area (Å²) in [6.07, 6.45) is 1.12. The minimum Gasteiger partial charge on any atom is -0.327 e. The minimum atomic E-state index is -2.91. The van der Waals surface area contributed by atoms with Crippen molar-refractivity contribution in [2.45, 2.75) is 18.9 Å². The van der Waals surface area contributed by atoms with Crippen LogP contribution in [0.15, 0.2) is 18.2 Å². The van der Waals surface area contributed by atoms with Gasteiger partial charge in [0.15, 0.2) is 9.84 Å². The summed E-state index contributed by atoms with van der Waals surface area (Å²) in [5.74, 6) is -0.102. The molecule has 1 aromatic carbocycles. The van der Waals surface area contributed by atoms with E-state index < -0.39 is 15.7 Å². The summed E-state index contributed by atoms with van der Waals surface area (Å²) in [4.78, 5) is 0. The van der Waals surface area contributed by atoms with Crippen LogP contribution < -0.4 is 5.73 Å². The SMILES string of the molecule is NC(Cc1ccc(F)c(Cl)c1)C1CCS(=O)(=O)C1. The highest BCUT2D eigenvalue weighted by Gasteiger charge is 2.31. The maximum absolute atomic E-state index is 13.0. The van der Waals surface area contributed by atoms with Gasteiger partial charge in [0.2, 0.25) is 0 Å². The fourth-order valence-corrected chi connectivity index (χ4v) is 4.36. The van der Waals surface area contributed by atoms with E-state index in [4.69, 9.17) is 17.3 Å². The van der Waals surface area contributed by atoms with Crippen molar-refractivity contribution in [2.24, 2.45) is 11.7 Å². The van der Waals surface area contributed by atoms with Gasteiger partial charge in [0.25, 0.3) is 0 Å². The van der Waals surface area contributed by atoms with E-state index in [-0.39, 0.29) is 28.5 Å². The van der Waals surface area contributed by atoms with Crippen LogP contribution in [0.1, 0.15) is 12.0 Å². The van der Waals surface area contributed by atoms with Crippen LogP contribution in [0.5, 0.6) is 0 Å². The Kier molecular flexibility index (Phi) is 3.94. The van der Waals surface area contributed by atoms with Crippen LogP contribution in [0.3, 0.4) is 0 Å². The third-order valence-corrected chi connectivity index (χ3v) is 5.41. The van der Waals surface area contributed by atoms with Gasteiger partial charge in [0.1, 0.15) is 5.82 Å². The van der Waals surface area contributed by atoms with Gasteiger partial charge in [-0.15, -0.1) is 0 Å². The molecule has 0 spiro atoms. The van der Waals surface area contributed by atoms with Gasteiger partial charge < -0.3 is 5.73 Å². The zero-order valence-electron chi connectivity index (χ0n) is 9.77. The highest BCUT2D eigenvalue weighted by molar-refractivity contribution is 7.91. The molecular weight excluding hydrogens is 277 g/mol. The number of halogens is 2. The highest BCUT2D eigenvalue weighted by Crippen LogP contribution is 2.24. The lowest BCUT2D eigenvalue weighted by Gasteiger charge is -2.17. The molecule has 0 aliphatic carbocycles. The second kappa shape index (κ2) is 5.15. The Morgan fingerprint density at radius 3 is 2.78 bits per heavy atom. The van der Waals surface area contributed by atoms with Crippen molar-refractivity contribution in [3.63, 3.8) is 0 Å². The summed E-state index contributed by atoms with van der Waals surface area (Å²) in [6.45, 7) is 0. The Balaban J connectivity index is 2.03. The average Bonchev–Trinajstić information content (AvgIpc) is 2.64. The van der Waals surface area contributed by atoms with Gasteiger partial charge in [-0.2, -0.15) is 0 Å². The Morgan fingerprint density at radius 2 is 2.22 bits per heavy atom. The second-order valence-electron chi connectivity index (χ2n) is 4.78. The first kappa shape index (κ1) is 13.8. The molecule has 1 aliphatic heterocycles. The Bertz CT molecular complexity index is 547. The average molecular weight is 292 g/mol. The summed E-state index contributed by atoms with van der Waals surface area (Å²) in [7, 11) is -2.91. The quantitative estimate of drug-likeness (QED) is 0.923. The van der Waals surface area contributed by atoms with Crippen LogP contribution in [-0.2, 0) is 16.3 Å². The largest absolute Gasteiger partial charge is 0.327 e. The van der Waals surface area contributed by atoms with Crippen LogP contribution in [-0.4, -0.2) is 26.0 Å². The van der Waals surface area contributed by atoms with E-state index in [1.54, 1.807) is 12.1 Å².